The third kappa shape index (κ3) is 2.28. The van der Waals surface area contributed by atoms with Gasteiger partial charge in [-0.25, -0.2) is 4.39 Å². The van der Waals surface area contributed by atoms with Gasteiger partial charge in [0.2, 0.25) is 0 Å². The monoisotopic (exact) mass is 183 g/mol. The molecule has 2 nitrogen and oxygen atoms in total. The fourth-order valence-corrected chi connectivity index (χ4v) is 1.59. The van der Waals surface area contributed by atoms with Crippen LogP contribution in [0.1, 0.15) is 19.8 Å². The van der Waals surface area contributed by atoms with E-state index in [9.17, 15) is 4.39 Å². The third-order valence-corrected chi connectivity index (χ3v) is 2.36. The first-order chi connectivity index (χ1) is 6.19. The number of rotatable bonds is 2. The maximum absolute atomic E-state index is 13.1. The largest absolute Gasteiger partial charge is 0.377 e. The molecule has 0 aromatic carbocycles. The van der Waals surface area contributed by atoms with Gasteiger partial charge in [0.15, 0.2) is 0 Å². The molecular formula is C10H14FNO. The molecule has 0 bridgehead atoms. The predicted octanol–water partition coefficient (Wildman–Crippen LogP) is 2.22. The van der Waals surface area contributed by atoms with Crippen LogP contribution in [-0.2, 0) is 4.74 Å². The van der Waals surface area contributed by atoms with E-state index in [0.717, 1.165) is 0 Å². The summed E-state index contributed by atoms with van der Waals surface area (Å²) < 4.78 is 18.5. The lowest BCUT2D eigenvalue weighted by Gasteiger charge is -2.30. The highest BCUT2D eigenvalue weighted by Gasteiger charge is 2.33. The summed E-state index contributed by atoms with van der Waals surface area (Å²) >= 11 is 0. The molecule has 13 heavy (non-hydrogen) atoms. The van der Waals surface area contributed by atoms with Gasteiger partial charge in [0.05, 0.1) is 18.1 Å². The van der Waals surface area contributed by atoms with E-state index in [2.05, 4.69) is 12.6 Å². The molecule has 0 amide bonds. The molecule has 1 fully saturated rings. The average molecular weight is 183 g/mol. The van der Waals surface area contributed by atoms with Crippen molar-refractivity contribution in [3.05, 3.63) is 12.2 Å². The summed E-state index contributed by atoms with van der Waals surface area (Å²) in [6.07, 6.45) is -0.469. The summed E-state index contributed by atoms with van der Waals surface area (Å²) in [6, 6.07) is 2.08. The lowest BCUT2D eigenvalue weighted by molar-refractivity contribution is 0.0139. The summed E-state index contributed by atoms with van der Waals surface area (Å²) in [5.74, 6) is -0.319. The van der Waals surface area contributed by atoms with Crippen LogP contribution in [0.4, 0.5) is 4.39 Å². The van der Waals surface area contributed by atoms with E-state index >= 15 is 0 Å². The fraction of sp³-hybridized carbons (Fsp3) is 0.700. The summed E-state index contributed by atoms with van der Waals surface area (Å²) in [6.45, 7) is 6.07. The highest BCUT2D eigenvalue weighted by molar-refractivity contribution is 5.12. The first-order valence-corrected chi connectivity index (χ1v) is 4.52. The second-order valence-electron chi connectivity index (χ2n) is 3.29. The maximum atomic E-state index is 13.1. The van der Waals surface area contributed by atoms with Crippen LogP contribution in [0.25, 0.3) is 0 Å². The van der Waals surface area contributed by atoms with E-state index in [4.69, 9.17) is 10.00 Å². The molecule has 3 heteroatoms. The normalized spacial score (nSPS) is 34.2. The van der Waals surface area contributed by atoms with Crippen molar-refractivity contribution in [2.24, 2.45) is 5.92 Å². The quantitative estimate of drug-likeness (QED) is 0.615. The molecule has 3 atom stereocenters. The van der Waals surface area contributed by atoms with Crippen molar-refractivity contribution in [1.29, 1.82) is 5.26 Å². The topological polar surface area (TPSA) is 33.0 Å². The van der Waals surface area contributed by atoms with Gasteiger partial charge in [-0.2, -0.15) is 5.26 Å². The number of hydrogen-bond donors (Lipinski definition) is 0. The summed E-state index contributed by atoms with van der Waals surface area (Å²) in [7, 11) is 0. The SMILES string of the molecule is C=C1CC(OCC)C(C#N)CC1F. The third-order valence-electron chi connectivity index (χ3n) is 2.36. The van der Waals surface area contributed by atoms with Crippen LogP contribution in [0.5, 0.6) is 0 Å². The zero-order valence-electron chi connectivity index (χ0n) is 7.79. The van der Waals surface area contributed by atoms with E-state index < -0.39 is 6.17 Å². The Balaban J connectivity index is 2.62. The van der Waals surface area contributed by atoms with Crippen LogP contribution in [0, 0.1) is 17.2 Å². The van der Waals surface area contributed by atoms with E-state index in [0.29, 0.717) is 18.6 Å². The average Bonchev–Trinajstić information content (AvgIpc) is 2.11. The van der Waals surface area contributed by atoms with Crippen LogP contribution in [0.3, 0.4) is 0 Å². The van der Waals surface area contributed by atoms with Gasteiger partial charge in [-0.1, -0.05) is 6.58 Å². The number of nitriles is 1. The fourth-order valence-electron chi connectivity index (χ4n) is 1.59. The minimum Gasteiger partial charge on any atom is -0.377 e. The van der Waals surface area contributed by atoms with Gasteiger partial charge in [-0.3, -0.25) is 0 Å². The highest BCUT2D eigenvalue weighted by atomic mass is 19.1. The Morgan fingerprint density at radius 1 is 1.77 bits per heavy atom. The number of halogens is 1. The molecule has 0 N–H and O–H groups in total. The molecule has 0 aromatic rings. The van der Waals surface area contributed by atoms with Gasteiger partial charge in [0.1, 0.15) is 6.17 Å². The molecule has 1 aliphatic carbocycles. The molecule has 0 saturated heterocycles. The Morgan fingerprint density at radius 3 is 3.00 bits per heavy atom. The molecule has 1 saturated carbocycles. The molecule has 1 aliphatic rings. The lowest BCUT2D eigenvalue weighted by Crippen LogP contribution is -2.32. The van der Waals surface area contributed by atoms with Crippen LogP contribution in [0.2, 0.25) is 0 Å². The molecule has 0 heterocycles. The van der Waals surface area contributed by atoms with E-state index in [1.807, 2.05) is 6.92 Å². The first-order valence-electron chi connectivity index (χ1n) is 4.52. The van der Waals surface area contributed by atoms with Crippen LogP contribution in [0.15, 0.2) is 12.2 Å². The second-order valence-corrected chi connectivity index (χ2v) is 3.29. The van der Waals surface area contributed by atoms with Gasteiger partial charge < -0.3 is 4.74 Å². The van der Waals surface area contributed by atoms with Crippen molar-refractivity contribution in [2.75, 3.05) is 6.61 Å². The van der Waals surface area contributed by atoms with Crippen LogP contribution in [-0.4, -0.2) is 18.9 Å². The Bertz CT molecular complexity index is 234. The summed E-state index contributed by atoms with van der Waals surface area (Å²) in [4.78, 5) is 0. The standard InChI is InChI=1S/C10H14FNO/c1-3-13-10-4-7(2)9(11)5-8(10)6-12/h8-10H,2-5H2,1H3. The van der Waals surface area contributed by atoms with Gasteiger partial charge in [0, 0.05) is 13.0 Å². The molecule has 0 radical (unpaired) electrons. The maximum Gasteiger partial charge on any atom is 0.122 e. The van der Waals surface area contributed by atoms with Gasteiger partial charge >= 0.3 is 0 Å². The van der Waals surface area contributed by atoms with Crippen molar-refractivity contribution < 1.29 is 9.13 Å². The number of nitrogens with zero attached hydrogens (tertiary/aromatic N) is 1. The second kappa shape index (κ2) is 4.38. The highest BCUT2D eigenvalue weighted by Crippen LogP contribution is 2.31. The van der Waals surface area contributed by atoms with Crippen molar-refractivity contribution in [3.63, 3.8) is 0 Å². The van der Waals surface area contributed by atoms with E-state index in [-0.39, 0.29) is 18.4 Å². The molecule has 1 rings (SSSR count). The number of alkyl halides is 1. The molecule has 0 aromatic heterocycles. The molecular weight excluding hydrogens is 169 g/mol. The zero-order chi connectivity index (χ0) is 9.84. The summed E-state index contributed by atoms with van der Waals surface area (Å²) in [5, 5.41) is 8.77. The van der Waals surface area contributed by atoms with Gasteiger partial charge in [0.25, 0.3) is 0 Å². The Kier molecular flexibility index (Phi) is 3.44. The van der Waals surface area contributed by atoms with Gasteiger partial charge in [-0.05, 0) is 18.9 Å². The van der Waals surface area contributed by atoms with E-state index in [1.54, 1.807) is 0 Å². The minimum atomic E-state index is -1.03. The molecule has 0 aliphatic heterocycles. The van der Waals surface area contributed by atoms with Crippen molar-refractivity contribution in [2.45, 2.75) is 32.0 Å². The predicted molar refractivity (Wildman–Crippen MR) is 47.8 cm³/mol. The molecule has 0 spiro atoms. The first kappa shape index (κ1) is 10.2. The van der Waals surface area contributed by atoms with Crippen LogP contribution >= 0.6 is 0 Å². The summed E-state index contributed by atoms with van der Waals surface area (Å²) in [5.41, 5.74) is 0.560. The Hall–Kier alpha value is -0.880. The molecule has 3 unspecified atom stereocenters. The smallest absolute Gasteiger partial charge is 0.122 e. The zero-order valence-corrected chi connectivity index (χ0v) is 7.79. The lowest BCUT2D eigenvalue weighted by atomic mass is 9.83. The van der Waals surface area contributed by atoms with Crippen molar-refractivity contribution in [3.8, 4) is 6.07 Å². The number of hydrogen-bond acceptors (Lipinski definition) is 2. The van der Waals surface area contributed by atoms with Crippen molar-refractivity contribution in [1.82, 2.24) is 0 Å². The van der Waals surface area contributed by atoms with Crippen LogP contribution < -0.4 is 0 Å². The number of ether oxygens (including phenoxy) is 1. The van der Waals surface area contributed by atoms with E-state index in [1.165, 1.54) is 0 Å². The Labute approximate surface area is 78.0 Å². The Morgan fingerprint density at radius 2 is 2.46 bits per heavy atom. The molecule has 72 valence electrons. The van der Waals surface area contributed by atoms with Crippen molar-refractivity contribution >= 4 is 0 Å². The minimum absolute atomic E-state index is 0.158. The van der Waals surface area contributed by atoms with Gasteiger partial charge in [-0.15, -0.1) is 0 Å².